The fraction of sp³-hybridized carbons (Fsp3) is 0.312. The van der Waals surface area contributed by atoms with Crippen molar-refractivity contribution in [1.82, 2.24) is 10.2 Å². The van der Waals surface area contributed by atoms with Crippen LogP contribution in [0, 0.1) is 6.92 Å². The first-order valence-corrected chi connectivity index (χ1v) is 6.74. The van der Waals surface area contributed by atoms with Gasteiger partial charge >= 0.3 is 5.97 Å². The number of aryl methyl sites for hydroxylation is 1. The second-order valence-corrected chi connectivity index (χ2v) is 5.77. The minimum Gasteiger partial charge on any atom is -0.456 e. The summed E-state index contributed by atoms with van der Waals surface area (Å²) in [4.78, 5) is 12.0. The summed E-state index contributed by atoms with van der Waals surface area (Å²) in [7, 11) is 0. The lowest BCUT2D eigenvalue weighted by Gasteiger charge is -2.19. The van der Waals surface area contributed by atoms with E-state index in [0.717, 1.165) is 11.4 Å². The van der Waals surface area contributed by atoms with Crippen molar-refractivity contribution in [3.8, 4) is 0 Å². The molecule has 110 valence electrons. The van der Waals surface area contributed by atoms with Gasteiger partial charge in [-0.15, -0.1) is 5.10 Å². The van der Waals surface area contributed by atoms with Gasteiger partial charge in [0.25, 0.3) is 0 Å². The lowest BCUT2D eigenvalue weighted by Crippen LogP contribution is -2.23. The molecule has 0 amide bonds. The van der Waals surface area contributed by atoms with E-state index >= 15 is 0 Å². The van der Waals surface area contributed by atoms with Gasteiger partial charge in [-0.05, 0) is 58.0 Å². The molecule has 1 aromatic carbocycles. The van der Waals surface area contributed by atoms with Crippen LogP contribution in [0.15, 0.2) is 36.4 Å². The summed E-state index contributed by atoms with van der Waals surface area (Å²) in [5.74, 6) is 0.281. The third-order valence-electron chi connectivity index (χ3n) is 2.57. The van der Waals surface area contributed by atoms with Gasteiger partial charge in [0, 0.05) is 5.69 Å². The van der Waals surface area contributed by atoms with Crippen LogP contribution in [0.25, 0.3) is 0 Å². The van der Waals surface area contributed by atoms with Crippen molar-refractivity contribution in [1.29, 1.82) is 0 Å². The molecule has 0 aliphatic heterocycles. The normalized spacial score (nSPS) is 11.0. The zero-order valence-electron chi connectivity index (χ0n) is 12.7. The molecule has 1 N–H and O–H groups in total. The Morgan fingerprint density at radius 2 is 1.90 bits per heavy atom. The quantitative estimate of drug-likeness (QED) is 0.875. The summed E-state index contributed by atoms with van der Waals surface area (Å²) < 4.78 is 5.35. The van der Waals surface area contributed by atoms with Crippen molar-refractivity contribution in [2.75, 3.05) is 5.32 Å². The molecule has 0 radical (unpaired) electrons. The molecule has 5 heteroatoms. The summed E-state index contributed by atoms with van der Waals surface area (Å²) in [6.45, 7) is 7.40. The molecule has 0 bridgehead atoms. The Kier molecular flexibility index (Phi) is 4.21. The number of nitrogens with zero attached hydrogens (tertiary/aromatic N) is 2. The maximum absolute atomic E-state index is 12.0. The highest BCUT2D eigenvalue weighted by atomic mass is 16.6. The molecule has 0 saturated heterocycles. The molecular weight excluding hydrogens is 266 g/mol. The average Bonchev–Trinajstić information content (AvgIpc) is 2.40. The van der Waals surface area contributed by atoms with E-state index < -0.39 is 5.60 Å². The van der Waals surface area contributed by atoms with E-state index in [-0.39, 0.29) is 5.97 Å². The highest BCUT2D eigenvalue weighted by Gasteiger charge is 2.17. The summed E-state index contributed by atoms with van der Waals surface area (Å²) in [5.41, 5.74) is 1.60. The summed E-state index contributed by atoms with van der Waals surface area (Å²) in [6.07, 6.45) is 0. The topological polar surface area (TPSA) is 64.1 Å². The Morgan fingerprint density at radius 1 is 1.14 bits per heavy atom. The predicted octanol–water partition coefficient (Wildman–Crippen LogP) is 3.48. The van der Waals surface area contributed by atoms with Crippen LogP contribution in [0.4, 0.5) is 11.5 Å². The van der Waals surface area contributed by atoms with E-state index in [1.165, 1.54) is 0 Å². The van der Waals surface area contributed by atoms with Crippen molar-refractivity contribution in [3.05, 3.63) is 47.7 Å². The molecule has 0 atom stereocenters. The lowest BCUT2D eigenvalue weighted by atomic mass is 10.1. The van der Waals surface area contributed by atoms with Crippen molar-refractivity contribution in [3.63, 3.8) is 0 Å². The van der Waals surface area contributed by atoms with Gasteiger partial charge in [-0.1, -0.05) is 6.07 Å². The zero-order valence-corrected chi connectivity index (χ0v) is 12.7. The smallest absolute Gasteiger partial charge is 0.338 e. The van der Waals surface area contributed by atoms with Crippen molar-refractivity contribution in [2.45, 2.75) is 33.3 Å². The molecule has 0 spiro atoms. The fourth-order valence-electron chi connectivity index (χ4n) is 1.67. The molecule has 1 heterocycles. The highest BCUT2D eigenvalue weighted by molar-refractivity contribution is 5.91. The van der Waals surface area contributed by atoms with Gasteiger partial charge in [0.1, 0.15) is 5.60 Å². The largest absolute Gasteiger partial charge is 0.456 e. The number of benzene rings is 1. The number of esters is 1. The van der Waals surface area contributed by atoms with Crippen LogP contribution in [-0.2, 0) is 4.74 Å². The maximum atomic E-state index is 12.0. The van der Waals surface area contributed by atoms with Gasteiger partial charge in [0.05, 0.1) is 11.3 Å². The number of carbonyl (C=O) groups excluding carboxylic acids is 1. The fourth-order valence-corrected chi connectivity index (χ4v) is 1.67. The number of anilines is 2. The van der Waals surface area contributed by atoms with Gasteiger partial charge in [0.15, 0.2) is 5.82 Å². The van der Waals surface area contributed by atoms with Crippen LogP contribution >= 0.6 is 0 Å². The Morgan fingerprint density at radius 3 is 2.52 bits per heavy atom. The first-order chi connectivity index (χ1) is 9.83. The molecule has 2 aromatic rings. The Bertz CT molecular complexity index is 631. The van der Waals surface area contributed by atoms with Crippen LogP contribution in [0.5, 0.6) is 0 Å². The van der Waals surface area contributed by atoms with Crippen LogP contribution < -0.4 is 5.32 Å². The zero-order chi connectivity index (χ0) is 15.5. The standard InChI is InChI=1S/C16H19N3O2/c1-11-8-9-14(19-18-11)17-13-7-5-6-12(10-13)15(20)21-16(2,3)4/h5-10H,1-4H3,(H,17,19). The first-order valence-electron chi connectivity index (χ1n) is 6.74. The van der Waals surface area contributed by atoms with Crippen LogP contribution in [0.2, 0.25) is 0 Å². The minimum atomic E-state index is -0.511. The predicted molar refractivity (Wildman–Crippen MR) is 81.7 cm³/mol. The van der Waals surface area contributed by atoms with Gasteiger partial charge in [-0.3, -0.25) is 0 Å². The molecule has 5 nitrogen and oxygen atoms in total. The van der Waals surface area contributed by atoms with E-state index in [9.17, 15) is 4.79 Å². The molecule has 2 rings (SSSR count). The number of hydrogen-bond acceptors (Lipinski definition) is 5. The number of rotatable bonds is 3. The molecule has 0 fully saturated rings. The molecule has 0 unspecified atom stereocenters. The lowest BCUT2D eigenvalue weighted by molar-refractivity contribution is 0.00696. The maximum Gasteiger partial charge on any atom is 0.338 e. The van der Waals surface area contributed by atoms with E-state index in [0.29, 0.717) is 11.4 Å². The second-order valence-electron chi connectivity index (χ2n) is 5.77. The molecule has 1 aromatic heterocycles. The van der Waals surface area contributed by atoms with Crippen molar-refractivity contribution in [2.24, 2.45) is 0 Å². The van der Waals surface area contributed by atoms with Gasteiger partial charge in [-0.2, -0.15) is 5.10 Å². The molecule has 21 heavy (non-hydrogen) atoms. The SMILES string of the molecule is Cc1ccc(Nc2cccc(C(=O)OC(C)(C)C)c2)nn1. The van der Waals surface area contributed by atoms with Gasteiger partial charge in [0.2, 0.25) is 0 Å². The van der Waals surface area contributed by atoms with Crippen molar-refractivity contribution >= 4 is 17.5 Å². The first kappa shape index (κ1) is 15.0. The van der Waals surface area contributed by atoms with Gasteiger partial charge in [-0.25, -0.2) is 4.79 Å². The van der Waals surface area contributed by atoms with E-state index in [1.807, 2.05) is 45.9 Å². The molecule has 0 aliphatic carbocycles. The van der Waals surface area contributed by atoms with Crippen LogP contribution in [0.3, 0.4) is 0 Å². The molecule has 0 saturated carbocycles. The average molecular weight is 285 g/mol. The number of nitrogens with one attached hydrogen (secondary N) is 1. The van der Waals surface area contributed by atoms with E-state index in [2.05, 4.69) is 15.5 Å². The van der Waals surface area contributed by atoms with Crippen LogP contribution in [0.1, 0.15) is 36.8 Å². The summed E-state index contributed by atoms with van der Waals surface area (Å²) in [5, 5.41) is 11.1. The number of ether oxygens (including phenoxy) is 1. The summed E-state index contributed by atoms with van der Waals surface area (Å²) in [6, 6.07) is 10.8. The Hall–Kier alpha value is -2.43. The Labute approximate surface area is 124 Å². The third-order valence-corrected chi connectivity index (χ3v) is 2.57. The minimum absolute atomic E-state index is 0.346. The van der Waals surface area contributed by atoms with Crippen LogP contribution in [-0.4, -0.2) is 21.8 Å². The van der Waals surface area contributed by atoms with E-state index in [1.54, 1.807) is 18.2 Å². The van der Waals surface area contributed by atoms with Crippen molar-refractivity contribution < 1.29 is 9.53 Å². The second kappa shape index (κ2) is 5.91. The number of aromatic nitrogens is 2. The number of hydrogen-bond donors (Lipinski definition) is 1. The molecule has 0 aliphatic rings. The third kappa shape index (κ3) is 4.56. The van der Waals surface area contributed by atoms with Gasteiger partial charge < -0.3 is 10.1 Å². The number of carbonyl (C=O) groups is 1. The highest BCUT2D eigenvalue weighted by Crippen LogP contribution is 2.18. The summed E-state index contributed by atoms with van der Waals surface area (Å²) >= 11 is 0. The van der Waals surface area contributed by atoms with E-state index in [4.69, 9.17) is 4.74 Å². The monoisotopic (exact) mass is 285 g/mol. The molecular formula is C16H19N3O2. The Balaban J connectivity index is 2.14.